The van der Waals surface area contributed by atoms with Crippen molar-refractivity contribution in [1.82, 2.24) is 9.78 Å². The third-order valence-electron chi connectivity index (χ3n) is 3.88. The molecule has 0 bridgehead atoms. The summed E-state index contributed by atoms with van der Waals surface area (Å²) in [5.74, 6) is 0.393. The van der Waals surface area contributed by atoms with Gasteiger partial charge in [-0.3, -0.25) is 9.48 Å². The minimum absolute atomic E-state index is 0.188. The van der Waals surface area contributed by atoms with Gasteiger partial charge in [-0.25, -0.2) is 4.39 Å². The Balaban J connectivity index is 1.77. The van der Waals surface area contributed by atoms with Gasteiger partial charge in [0.1, 0.15) is 10.8 Å². The van der Waals surface area contributed by atoms with E-state index in [9.17, 15) is 9.18 Å². The lowest BCUT2D eigenvalue weighted by Gasteiger charge is -2.09. The molecule has 0 spiro atoms. The Labute approximate surface area is 160 Å². The number of rotatable bonds is 6. The standard InChI is InChI=1S/C19H17ClFN3O3/c1-26-16-8-7-12(9-17(16)27-2)19(25)22-18-14(20)11-24(23-18)10-13-5-3-4-6-15(13)21/h3-9,11H,10H2,1-2H3,(H,22,23,25). The molecule has 0 aliphatic heterocycles. The highest BCUT2D eigenvalue weighted by Crippen LogP contribution is 2.28. The number of hydrogen-bond acceptors (Lipinski definition) is 4. The van der Waals surface area contributed by atoms with Crippen molar-refractivity contribution in [2.24, 2.45) is 0 Å². The van der Waals surface area contributed by atoms with Crippen LogP contribution in [0.15, 0.2) is 48.7 Å². The van der Waals surface area contributed by atoms with E-state index in [0.29, 0.717) is 22.6 Å². The van der Waals surface area contributed by atoms with Crippen LogP contribution in [-0.2, 0) is 6.54 Å². The van der Waals surface area contributed by atoms with Crippen molar-refractivity contribution in [3.05, 3.63) is 70.6 Å². The average Bonchev–Trinajstić information content (AvgIpc) is 3.01. The lowest BCUT2D eigenvalue weighted by molar-refractivity contribution is 0.102. The number of halogens is 2. The molecular formula is C19H17ClFN3O3. The molecule has 2 aromatic carbocycles. The van der Waals surface area contributed by atoms with Crippen LogP contribution in [0.25, 0.3) is 0 Å². The van der Waals surface area contributed by atoms with Crippen LogP contribution in [0.2, 0.25) is 5.02 Å². The number of ether oxygens (including phenoxy) is 2. The number of carbonyl (C=O) groups excluding carboxylic acids is 1. The molecule has 140 valence electrons. The van der Waals surface area contributed by atoms with E-state index in [1.54, 1.807) is 36.4 Å². The Bertz CT molecular complexity index is 975. The third kappa shape index (κ3) is 4.20. The fourth-order valence-corrected chi connectivity index (χ4v) is 2.72. The molecule has 6 nitrogen and oxygen atoms in total. The number of methoxy groups -OCH3 is 2. The zero-order valence-corrected chi connectivity index (χ0v) is 15.5. The number of aromatic nitrogens is 2. The van der Waals surface area contributed by atoms with E-state index in [-0.39, 0.29) is 23.2 Å². The molecule has 1 aromatic heterocycles. The molecule has 0 atom stereocenters. The summed E-state index contributed by atoms with van der Waals surface area (Å²) in [5, 5.41) is 7.11. The normalized spacial score (nSPS) is 10.5. The fraction of sp³-hybridized carbons (Fsp3) is 0.158. The number of anilines is 1. The van der Waals surface area contributed by atoms with Gasteiger partial charge in [0.25, 0.3) is 5.91 Å². The zero-order valence-electron chi connectivity index (χ0n) is 14.7. The highest BCUT2D eigenvalue weighted by Gasteiger charge is 2.15. The summed E-state index contributed by atoms with van der Waals surface area (Å²) in [6, 6.07) is 11.2. The van der Waals surface area contributed by atoms with Crippen molar-refractivity contribution in [2.45, 2.75) is 6.54 Å². The summed E-state index contributed by atoms with van der Waals surface area (Å²) in [6.45, 7) is 0.193. The van der Waals surface area contributed by atoms with Crippen LogP contribution in [0, 0.1) is 5.82 Å². The second-order valence-electron chi connectivity index (χ2n) is 5.64. The first-order valence-electron chi connectivity index (χ1n) is 8.01. The Morgan fingerprint density at radius 1 is 1.19 bits per heavy atom. The van der Waals surface area contributed by atoms with E-state index < -0.39 is 5.91 Å². The number of hydrogen-bond donors (Lipinski definition) is 1. The lowest BCUT2D eigenvalue weighted by atomic mass is 10.2. The minimum Gasteiger partial charge on any atom is -0.493 e. The van der Waals surface area contributed by atoms with Gasteiger partial charge in [-0.05, 0) is 24.3 Å². The highest BCUT2D eigenvalue weighted by molar-refractivity contribution is 6.33. The molecule has 3 aromatic rings. The van der Waals surface area contributed by atoms with E-state index in [0.717, 1.165) is 0 Å². The molecule has 0 radical (unpaired) electrons. The van der Waals surface area contributed by atoms with Gasteiger partial charge < -0.3 is 14.8 Å². The SMILES string of the molecule is COc1ccc(C(=O)Nc2nn(Cc3ccccc3F)cc2Cl)cc1OC. The maximum atomic E-state index is 13.8. The summed E-state index contributed by atoms with van der Waals surface area (Å²) < 4.78 is 25.6. The van der Waals surface area contributed by atoms with Crippen LogP contribution in [0.4, 0.5) is 10.2 Å². The first-order valence-corrected chi connectivity index (χ1v) is 8.39. The first-order chi connectivity index (χ1) is 13.0. The highest BCUT2D eigenvalue weighted by atomic mass is 35.5. The van der Waals surface area contributed by atoms with Gasteiger partial charge in [-0.2, -0.15) is 5.10 Å². The number of benzene rings is 2. The van der Waals surface area contributed by atoms with Crippen LogP contribution in [0.3, 0.4) is 0 Å². The van der Waals surface area contributed by atoms with Gasteiger partial charge in [0.05, 0.1) is 20.8 Å². The molecule has 3 rings (SSSR count). The lowest BCUT2D eigenvalue weighted by Crippen LogP contribution is -2.13. The van der Waals surface area contributed by atoms with Crippen molar-refractivity contribution in [1.29, 1.82) is 0 Å². The maximum absolute atomic E-state index is 13.8. The van der Waals surface area contributed by atoms with Gasteiger partial charge in [0.15, 0.2) is 17.3 Å². The van der Waals surface area contributed by atoms with Gasteiger partial charge >= 0.3 is 0 Å². The molecule has 8 heteroatoms. The summed E-state index contributed by atoms with van der Waals surface area (Å²) in [5.41, 5.74) is 0.821. The van der Waals surface area contributed by atoms with Crippen molar-refractivity contribution in [2.75, 3.05) is 19.5 Å². The molecular weight excluding hydrogens is 373 g/mol. The molecule has 0 fully saturated rings. The van der Waals surface area contributed by atoms with Crippen LogP contribution in [0.1, 0.15) is 15.9 Å². The number of carbonyl (C=O) groups is 1. The van der Waals surface area contributed by atoms with Crippen molar-refractivity contribution < 1.29 is 18.7 Å². The van der Waals surface area contributed by atoms with Crippen molar-refractivity contribution in [3.8, 4) is 11.5 Å². The maximum Gasteiger partial charge on any atom is 0.257 e. The summed E-state index contributed by atoms with van der Waals surface area (Å²) in [6.07, 6.45) is 1.53. The Hall–Kier alpha value is -3.06. The molecule has 1 N–H and O–H groups in total. The number of nitrogens with zero attached hydrogens (tertiary/aromatic N) is 2. The average molecular weight is 390 g/mol. The quantitative estimate of drug-likeness (QED) is 0.692. The van der Waals surface area contributed by atoms with Crippen LogP contribution < -0.4 is 14.8 Å². The summed E-state index contributed by atoms with van der Waals surface area (Å²) in [7, 11) is 3.00. The van der Waals surface area contributed by atoms with Crippen LogP contribution >= 0.6 is 11.6 Å². The molecule has 0 unspecified atom stereocenters. The van der Waals surface area contributed by atoms with E-state index >= 15 is 0 Å². The van der Waals surface area contributed by atoms with Crippen molar-refractivity contribution >= 4 is 23.3 Å². The van der Waals surface area contributed by atoms with Gasteiger partial charge in [0.2, 0.25) is 0 Å². The molecule has 1 heterocycles. The van der Waals surface area contributed by atoms with Gasteiger partial charge in [-0.1, -0.05) is 29.8 Å². The number of amides is 1. The van der Waals surface area contributed by atoms with Crippen LogP contribution in [0.5, 0.6) is 11.5 Å². The Morgan fingerprint density at radius 2 is 1.93 bits per heavy atom. The molecule has 27 heavy (non-hydrogen) atoms. The smallest absolute Gasteiger partial charge is 0.257 e. The Kier molecular flexibility index (Phi) is 5.61. The van der Waals surface area contributed by atoms with E-state index in [1.807, 2.05) is 0 Å². The largest absolute Gasteiger partial charge is 0.493 e. The van der Waals surface area contributed by atoms with E-state index in [4.69, 9.17) is 21.1 Å². The summed E-state index contributed by atoms with van der Waals surface area (Å²) in [4.78, 5) is 12.5. The van der Waals surface area contributed by atoms with E-state index in [1.165, 1.54) is 31.2 Å². The van der Waals surface area contributed by atoms with Gasteiger partial charge in [0, 0.05) is 17.3 Å². The zero-order chi connectivity index (χ0) is 19.4. The first kappa shape index (κ1) is 18.7. The molecule has 0 aliphatic rings. The van der Waals surface area contributed by atoms with Crippen molar-refractivity contribution in [3.63, 3.8) is 0 Å². The fourth-order valence-electron chi connectivity index (χ4n) is 2.52. The Morgan fingerprint density at radius 3 is 2.63 bits per heavy atom. The second-order valence-corrected chi connectivity index (χ2v) is 6.05. The van der Waals surface area contributed by atoms with Gasteiger partial charge in [-0.15, -0.1) is 0 Å². The topological polar surface area (TPSA) is 65.4 Å². The van der Waals surface area contributed by atoms with E-state index in [2.05, 4.69) is 10.4 Å². The second kappa shape index (κ2) is 8.09. The predicted molar refractivity (Wildman–Crippen MR) is 100 cm³/mol. The predicted octanol–water partition coefficient (Wildman–Crippen LogP) is 3.99. The molecule has 0 saturated carbocycles. The number of nitrogens with one attached hydrogen (secondary N) is 1. The molecule has 1 amide bonds. The molecule has 0 saturated heterocycles. The minimum atomic E-state index is -0.408. The molecule has 0 aliphatic carbocycles. The monoisotopic (exact) mass is 389 g/mol. The summed E-state index contributed by atoms with van der Waals surface area (Å²) >= 11 is 6.15. The van der Waals surface area contributed by atoms with Crippen LogP contribution in [-0.4, -0.2) is 29.9 Å². The third-order valence-corrected chi connectivity index (χ3v) is 4.16.